The zero-order valence-electron chi connectivity index (χ0n) is 13.6. The van der Waals surface area contributed by atoms with Crippen molar-refractivity contribution in [2.24, 2.45) is 0 Å². The van der Waals surface area contributed by atoms with Crippen LogP contribution in [0.3, 0.4) is 0 Å². The number of thiazole rings is 1. The van der Waals surface area contributed by atoms with Crippen LogP contribution in [-0.2, 0) is 11.2 Å². The third kappa shape index (κ3) is 5.83. The molecule has 2 rings (SSSR count). The molecule has 2 amide bonds. The maximum absolute atomic E-state index is 12.0. The highest BCUT2D eigenvalue weighted by molar-refractivity contribution is 7.14. The number of aryl methyl sites for hydroxylation is 1. The monoisotopic (exact) mass is 331 g/mol. The summed E-state index contributed by atoms with van der Waals surface area (Å²) in [6.07, 6.45) is 1.06. The Morgan fingerprint density at radius 3 is 2.52 bits per heavy atom. The molecular weight excluding hydrogens is 310 g/mol. The summed E-state index contributed by atoms with van der Waals surface area (Å²) in [5, 5.41) is 7.67. The highest BCUT2D eigenvalue weighted by Crippen LogP contribution is 2.16. The molecule has 2 aromatic rings. The Morgan fingerprint density at radius 1 is 1.17 bits per heavy atom. The lowest BCUT2D eigenvalue weighted by Gasteiger charge is -2.19. The lowest BCUT2D eigenvalue weighted by atomic mass is 10.1. The average Bonchev–Trinajstić information content (AvgIpc) is 2.93. The molecule has 23 heavy (non-hydrogen) atoms. The number of carbonyl (C=O) groups excluding carboxylic acids is 2. The van der Waals surface area contributed by atoms with Crippen molar-refractivity contribution < 1.29 is 9.59 Å². The average molecular weight is 331 g/mol. The Balaban J connectivity index is 1.86. The highest BCUT2D eigenvalue weighted by atomic mass is 32.1. The Labute approximate surface area is 140 Å². The maximum Gasteiger partial charge on any atom is 0.271 e. The minimum Gasteiger partial charge on any atom is -0.346 e. The summed E-state index contributed by atoms with van der Waals surface area (Å²) in [5.41, 5.74) is 1.12. The highest BCUT2D eigenvalue weighted by Gasteiger charge is 2.18. The molecule has 6 heteroatoms. The van der Waals surface area contributed by atoms with Gasteiger partial charge in [-0.15, -0.1) is 11.3 Å². The van der Waals surface area contributed by atoms with Crippen molar-refractivity contribution in [2.45, 2.75) is 39.2 Å². The number of carbonyl (C=O) groups is 2. The molecule has 0 saturated carbocycles. The van der Waals surface area contributed by atoms with Gasteiger partial charge in [0.15, 0.2) is 5.13 Å². The van der Waals surface area contributed by atoms with Gasteiger partial charge in [0.1, 0.15) is 5.69 Å². The van der Waals surface area contributed by atoms with Gasteiger partial charge in [-0.1, -0.05) is 30.3 Å². The molecule has 5 nitrogen and oxygen atoms in total. The normalized spacial score (nSPS) is 11.1. The number of nitrogens with one attached hydrogen (secondary N) is 2. The topological polar surface area (TPSA) is 71.1 Å². The summed E-state index contributed by atoms with van der Waals surface area (Å²) >= 11 is 1.25. The van der Waals surface area contributed by atoms with E-state index >= 15 is 0 Å². The van der Waals surface area contributed by atoms with Crippen LogP contribution in [0.2, 0.25) is 0 Å². The Kier molecular flexibility index (Phi) is 5.50. The number of hydrogen-bond acceptors (Lipinski definition) is 4. The predicted molar refractivity (Wildman–Crippen MR) is 92.7 cm³/mol. The van der Waals surface area contributed by atoms with Gasteiger partial charge in [0.2, 0.25) is 5.91 Å². The van der Waals surface area contributed by atoms with E-state index in [2.05, 4.69) is 15.6 Å². The van der Waals surface area contributed by atoms with Gasteiger partial charge in [-0.25, -0.2) is 4.98 Å². The molecule has 0 aliphatic rings. The second-order valence-corrected chi connectivity index (χ2v) is 7.13. The van der Waals surface area contributed by atoms with E-state index in [9.17, 15) is 9.59 Å². The van der Waals surface area contributed by atoms with Gasteiger partial charge in [0.25, 0.3) is 5.91 Å². The minimum atomic E-state index is -0.320. The van der Waals surface area contributed by atoms with Crippen LogP contribution in [0.15, 0.2) is 35.7 Å². The Morgan fingerprint density at radius 2 is 1.87 bits per heavy atom. The molecule has 0 fully saturated rings. The SMILES string of the molecule is CC(C)(C)NC(=O)c1csc(NC(=O)CCc2ccccc2)n1. The first-order valence-corrected chi connectivity index (χ1v) is 8.33. The number of aromatic nitrogens is 1. The fourth-order valence-electron chi connectivity index (χ4n) is 1.92. The summed E-state index contributed by atoms with van der Waals surface area (Å²) in [4.78, 5) is 28.1. The second kappa shape index (κ2) is 7.37. The van der Waals surface area contributed by atoms with Crippen molar-refractivity contribution in [3.8, 4) is 0 Å². The molecule has 1 aromatic carbocycles. The molecule has 1 aromatic heterocycles. The van der Waals surface area contributed by atoms with Gasteiger partial charge in [0.05, 0.1) is 0 Å². The molecule has 0 radical (unpaired) electrons. The van der Waals surface area contributed by atoms with E-state index in [1.54, 1.807) is 5.38 Å². The number of rotatable bonds is 5. The number of anilines is 1. The summed E-state index contributed by atoms with van der Waals surface area (Å²) in [7, 11) is 0. The van der Waals surface area contributed by atoms with Gasteiger partial charge in [-0.2, -0.15) is 0 Å². The molecule has 1 heterocycles. The predicted octanol–water partition coefficient (Wildman–Crippen LogP) is 3.24. The second-order valence-electron chi connectivity index (χ2n) is 6.28. The van der Waals surface area contributed by atoms with Crippen LogP contribution in [0.25, 0.3) is 0 Å². The summed E-state index contributed by atoms with van der Waals surface area (Å²) in [5.74, 6) is -0.343. The quantitative estimate of drug-likeness (QED) is 0.883. The molecule has 2 N–H and O–H groups in total. The Bertz CT molecular complexity index is 675. The van der Waals surface area contributed by atoms with Gasteiger partial charge in [-0.3, -0.25) is 9.59 Å². The lowest BCUT2D eigenvalue weighted by Crippen LogP contribution is -2.40. The molecule has 0 unspecified atom stereocenters. The number of amides is 2. The zero-order chi connectivity index (χ0) is 16.9. The van der Waals surface area contributed by atoms with E-state index in [-0.39, 0.29) is 17.4 Å². The van der Waals surface area contributed by atoms with Gasteiger partial charge in [0, 0.05) is 17.3 Å². The van der Waals surface area contributed by atoms with Crippen molar-refractivity contribution in [3.05, 3.63) is 47.0 Å². The first-order chi connectivity index (χ1) is 10.8. The summed E-state index contributed by atoms with van der Waals surface area (Å²) in [6.45, 7) is 5.72. The lowest BCUT2D eigenvalue weighted by molar-refractivity contribution is -0.116. The van der Waals surface area contributed by atoms with E-state index in [0.29, 0.717) is 23.7 Å². The van der Waals surface area contributed by atoms with E-state index in [0.717, 1.165) is 5.56 Å². The first-order valence-electron chi connectivity index (χ1n) is 7.45. The minimum absolute atomic E-state index is 0.106. The van der Waals surface area contributed by atoms with Crippen LogP contribution in [0.5, 0.6) is 0 Å². The summed E-state index contributed by atoms with van der Waals surface area (Å²) in [6, 6.07) is 9.84. The standard InChI is InChI=1S/C17H21N3O2S/c1-17(2,3)20-15(22)13-11-23-16(18-13)19-14(21)10-9-12-7-5-4-6-8-12/h4-8,11H,9-10H2,1-3H3,(H,20,22)(H,18,19,21). The van der Waals surface area contributed by atoms with Crippen molar-refractivity contribution in [1.29, 1.82) is 0 Å². The molecule has 0 saturated heterocycles. The van der Waals surface area contributed by atoms with Crippen LogP contribution in [0.1, 0.15) is 43.2 Å². The van der Waals surface area contributed by atoms with Crippen LogP contribution in [0, 0.1) is 0 Å². The van der Waals surface area contributed by atoms with Gasteiger partial charge in [-0.05, 0) is 32.8 Å². The smallest absolute Gasteiger partial charge is 0.271 e. The number of hydrogen-bond donors (Lipinski definition) is 2. The molecule has 0 atom stereocenters. The molecule has 0 aliphatic carbocycles. The third-order valence-electron chi connectivity index (χ3n) is 2.96. The fourth-order valence-corrected chi connectivity index (χ4v) is 2.63. The zero-order valence-corrected chi connectivity index (χ0v) is 14.4. The van der Waals surface area contributed by atoms with Crippen molar-refractivity contribution >= 4 is 28.3 Å². The van der Waals surface area contributed by atoms with E-state index in [4.69, 9.17) is 0 Å². The van der Waals surface area contributed by atoms with Crippen molar-refractivity contribution in [2.75, 3.05) is 5.32 Å². The van der Waals surface area contributed by atoms with E-state index < -0.39 is 0 Å². The van der Waals surface area contributed by atoms with E-state index in [1.807, 2.05) is 51.1 Å². The summed E-state index contributed by atoms with van der Waals surface area (Å²) < 4.78 is 0. The molecule has 122 valence electrons. The van der Waals surface area contributed by atoms with Crippen LogP contribution in [0.4, 0.5) is 5.13 Å². The number of benzene rings is 1. The van der Waals surface area contributed by atoms with Crippen molar-refractivity contribution in [1.82, 2.24) is 10.3 Å². The molecule has 0 spiro atoms. The van der Waals surface area contributed by atoms with Crippen LogP contribution < -0.4 is 10.6 Å². The molecule has 0 bridgehead atoms. The van der Waals surface area contributed by atoms with Crippen LogP contribution in [-0.4, -0.2) is 22.3 Å². The largest absolute Gasteiger partial charge is 0.346 e. The van der Waals surface area contributed by atoms with Gasteiger partial charge >= 0.3 is 0 Å². The number of nitrogens with zero attached hydrogens (tertiary/aromatic N) is 1. The molecular formula is C17H21N3O2S. The van der Waals surface area contributed by atoms with Gasteiger partial charge < -0.3 is 10.6 Å². The van der Waals surface area contributed by atoms with E-state index in [1.165, 1.54) is 11.3 Å². The Hall–Kier alpha value is -2.21. The first kappa shape index (κ1) is 17.1. The third-order valence-corrected chi connectivity index (χ3v) is 3.71. The van der Waals surface area contributed by atoms with Crippen molar-refractivity contribution in [3.63, 3.8) is 0 Å². The fraction of sp³-hybridized carbons (Fsp3) is 0.353. The van der Waals surface area contributed by atoms with Crippen LogP contribution >= 0.6 is 11.3 Å². The molecule has 0 aliphatic heterocycles. The maximum atomic E-state index is 12.0.